The maximum absolute atomic E-state index is 10.9. The van der Waals surface area contributed by atoms with Gasteiger partial charge in [0.1, 0.15) is 0 Å². The van der Waals surface area contributed by atoms with Crippen molar-refractivity contribution in [3.63, 3.8) is 0 Å². The first-order valence-corrected chi connectivity index (χ1v) is 8.94. The van der Waals surface area contributed by atoms with Crippen molar-refractivity contribution in [3.8, 4) is 0 Å². The van der Waals surface area contributed by atoms with Crippen LogP contribution in [0.15, 0.2) is 0 Å². The Labute approximate surface area is 169 Å². The second kappa shape index (κ2) is 24.9. The predicted octanol–water partition coefficient (Wildman–Crippen LogP) is 4.32. The standard InChI is InChI=1S/C15H29NO2.C3H6O2.Na.H/c1-2-3-4-5-6-7-8-9-10-11-14-18-15(17)12-13-16;1-2-3(4)5;;/h13,16H,2-12,14H2,1H3;2H2,1H3,(H,4,5);;. The van der Waals surface area contributed by atoms with E-state index in [1.165, 1.54) is 51.4 Å². The first-order chi connectivity index (χ1) is 11.1. The summed E-state index contributed by atoms with van der Waals surface area (Å²) in [5.74, 6) is -1.02. The third-order valence-electron chi connectivity index (χ3n) is 3.33. The molecule has 0 bridgehead atoms. The van der Waals surface area contributed by atoms with Gasteiger partial charge in [0.25, 0.3) is 0 Å². The number of ether oxygens (including phenoxy) is 1. The molecule has 0 aromatic rings. The maximum atomic E-state index is 10.9. The fourth-order valence-corrected chi connectivity index (χ4v) is 1.92. The number of rotatable bonds is 14. The number of carboxylic acids is 1. The third-order valence-corrected chi connectivity index (χ3v) is 3.33. The van der Waals surface area contributed by atoms with Gasteiger partial charge in [0.05, 0.1) is 13.0 Å². The zero-order valence-corrected chi connectivity index (χ0v) is 14.9. The Hall–Kier alpha value is -0.390. The van der Waals surface area contributed by atoms with Crippen LogP contribution in [-0.4, -0.2) is 59.4 Å². The number of aliphatic carboxylic acids is 1. The van der Waals surface area contributed by atoms with Gasteiger partial charge < -0.3 is 15.3 Å². The van der Waals surface area contributed by atoms with Gasteiger partial charge in [-0.05, 0) is 6.42 Å². The van der Waals surface area contributed by atoms with Crippen molar-refractivity contribution in [1.29, 1.82) is 5.41 Å². The molecular formula is C18H36NNaO4. The van der Waals surface area contributed by atoms with Gasteiger partial charge in [-0.25, -0.2) is 0 Å². The van der Waals surface area contributed by atoms with E-state index in [1.807, 2.05) is 0 Å². The van der Waals surface area contributed by atoms with Gasteiger partial charge in [-0.1, -0.05) is 71.6 Å². The molecule has 0 heterocycles. The summed E-state index contributed by atoms with van der Waals surface area (Å²) in [7, 11) is 0. The molecule has 0 fully saturated rings. The summed E-state index contributed by atoms with van der Waals surface area (Å²) >= 11 is 0. The molecule has 0 aliphatic rings. The van der Waals surface area contributed by atoms with Crippen molar-refractivity contribution in [1.82, 2.24) is 0 Å². The van der Waals surface area contributed by atoms with E-state index < -0.39 is 5.97 Å². The normalized spacial score (nSPS) is 9.25. The zero-order chi connectivity index (χ0) is 17.8. The molecule has 5 nitrogen and oxygen atoms in total. The molecular weight excluding hydrogens is 317 g/mol. The molecule has 0 amide bonds. The van der Waals surface area contributed by atoms with E-state index in [4.69, 9.17) is 15.3 Å². The summed E-state index contributed by atoms with van der Waals surface area (Å²) in [5, 5.41) is 14.5. The average molecular weight is 353 g/mol. The number of nitrogens with one attached hydrogen (secondary N) is 1. The van der Waals surface area contributed by atoms with Gasteiger partial charge in [0, 0.05) is 12.6 Å². The second-order valence-electron chi connectivity index (χ2n) is 5.56. The minimum atomic E-state index is -0.745. The Kier molecular flexibility index (Phi) is 29.4. The van der Waals surface area contributed by atoms with Crippen LogP contribution in [0.5, 0.6) is 0 Å². The molecule has 0 aliphatic carbocycles. The van der Waals surface area contributed by atoms with Crippen molar-refractivity contribution in [2.24, 2.45) is 0 Å². The molecule has 6 heteroatoms. The molecule has 0 rings (SSSR count). The van der Waals surface area contributed by atoms with Crippen LogP contribution in [0.25, 0.3) is 0 Å². The van der Waals surface area contributed by atoms with Gasteiger partial charge in [-0.15, -0.1) is 0 Å². The summed E-state index contributed by atoms with van der Waals surface area (Å²) < 4.78 is 4.96. The van der Waals surface area contributed by atoms with Crippen LogP contribution < -0.4 is 0 Å². The molecule has 0 saturated heterocycles. The molecule has 0 radical (unpaired) electrons. The second-order valence-corrected chi connectivity index (χ2v) is 5.56. The first-order valence-electron chi connectivity index (χ1n) is 8.94. The summed E-state index contributed by atoms with van der Waals surface area (Å²) in [5.41, 5.74) is 0. The quantitative estimate of drug-likeness (QED) is 0.211. The van der Waals surface area contributed by atoms with Crippen LogP contribution in [0, 0.1) is 5.41 Å². The molecule has 0 aromatic carbocycles. The van der Waals surface area contributed by atoms with E-state index in [0.717, 1.165) is 19.1 Å². The first kappa shape index (κ1) is 28.4. The molecule has 0 aliphatic heterocycles. The van der Waals surface area contributed by atoms with E-state index in [0.29, 0.717) is 6.61 Å². The van der Waals surface area contributed by atoms with Crippen LogP contribution in [0.2, 0.25) is 0 Å². The van der Waals surface area contributed by atoms with Crippen molar-refractivity contribution in [2.75, 3.05) is 6.61 Å². The number of unbranched alkanes of at least 4 members (excludes halogenated alkanes) is 9. The average Bonchev–Trinajstić information content (AvgIpc) is 2.53. The summed E-state index contributed by atoms with van der Waals surface area (Å²) in [6, 6.07) is 0. The van der Waals surface area contributed by atoms with Gasteiger partial charge >= 0.3 is 41.5 Å². The van der Waals surface area contributed by atoms with Crippen LogP contribution in [0.3, 0.4) is 0 Å². The summed E-state index contributed by atoms with van der Waals surface area (Å²) in [6.45, 7) is 4.36. The fraction of sp³-hybridized carbons (Fsp3) is 0.833. The molecule has 2 N–H and O–H groups in total. The molecule has 0 unspecified atom stereocenters. The predicted molar refractivity (Wildman–Crippen MR) is 101 cm³/mol. The van der Waals surface area contributed by atoms with Gasteiger partial charge in [0.2, 0.25) is 0 Å². The number of carbonyl (C=O) groups is 2. The Morgan fingerprint density at radius 1 is 0.917 bits per heavy atom. The molecule has 0 saturated carbocycles. The fourth-order valence-electron chi connectivity index (χ4n) is 1.92. The van der Waals surface area contributed by atoms with Crippen LogP contribution >= 0.6 is 0 Å². The number of hydrogen-bond donors (Lipinski definition) is 2. The van der Waals surface area contributed by atoms with Gasteiger partial charge in [-0.3, -0.25) is 9.59 Å². The molecule has 24 heavy (non-hydrogen) atoms. The van der Waals surface area contributed by atoms with Crippen LogP contribution in [-0.2, 0) is 14.3 Å². The topological polar surface area (TPSA) is 87.5 Å². The van der Waals surface area contributed by atoms with Crippen molar-refractivity contribution >= 4 is 47.7 Å². The van der Waals surface area contributed by atoms with Crippen LogP contribution in [0.1, 0.15) is 90.9 Å². The van der Waals surface area contributed by atoms with Crippen molar-refractivity contribution in [3.05, 3.63) is 0 Å². The molecule has 138 valence electrons. The number of hydrogen-bond acceptors (Lipinski definition) is 4. The molecule has 0 atom stereocenters. The van der Waals surface area contributed by atoms with Crippen molar-refractivity contribution < 1.29 is 19.4 Å². The van der Waals surface area contributed by atoms with Gasteiger partial charge in [0.15, 0.2) is 0 Å². The van der Waals surface area contributed by atoms with E-state index in [1.54, 1.807) is 6.92 Å². The zero-order valence-electron chi connectivity index (χ0n) is 14.9. The Morgan fingerprint density at radius 2 is 1.33 bits per heavy atom. The van der Waals surface area contributed by atoms with Gasteiger partial charge in [-0.2, -0.15) is 0 Å². The van der Waals surface area contributed by atoms with Crippen molar-refractivity contribution in [2.45, 2.75) is 90.9 Å². The Bertz CT molecular complexity index is 299. The van der Waals surface area contributed by atoms with E-state index in [2.05, 4.69) is 6.92 Å². The summed E-state index contributed by atoms with van der Waals surface area (Å²) in [4.78, 5) is 20.3. The van der Waals surface area contributed by atoms with E-state index in [-0.39, 0.29) is 48.4 Å². The Balaban J connectivity index is -0.000000639. The van der Waals surface area contributed by atoms with Crippen LogP contribution in [0.4, 0.5) is 0 Å². The Morgan fingerprint density at radius 3 is 1.71 bits per heavy atom. The molecule has 0 spiro atoms. The van der Waals surface area contributed by atoms with E-state index >= 15 is 0 Å². The number of carboxylic acid groups (broad SMARTS) is 1. The monoisotopic (exact) mass is 353 g/mol. The summed E-state index contributed by atoms with van der Waals surface area (Å²) in [6.07, 6.45) is 14.2. The SMILES string of the molecule is CCC(=O)O.CCCCCCCCCCCCOC(=O)CC=N.[NaH]. The van der Waals surface area contributed by atoms with E-state index in [9.17, 15) is 9.59 Å². The molecule has 0 aromatic heterocycles. The number of esters is 1. The minimum absolute atomic E-state index is 0. The number of carbonyl (C=O) groups excluding carboxylic acids is 1. The third kappa shape index (κ3) is 29.6.